The van der Waals surface area contributed by atoms with Crippen molar-refractivity contribution in [3.05, 3.63) is 57.8 Å². The molecule has 2 rings (SSSR count). The normalized spacial score (nSPS) is 10.1. The van der Waals surface area contributed by atoms with Crippen molar-refractivity contribution in [2.45, 2.75) is 6.61 Å². The number of benzene rings is 1. The molecular weight excluding hydrogens is 289 g/mol. The molecule has 2 aromatic rings. The van der Waals surface area contributed by atoms with Crippen LogP contribution in [-0.4, -0.2) is 4.98 Å². The average molecular weight is 299 g/mol. The first kappa shape index (κ1) is 11.4. The number of ether oxygens (including phenoxy) is 1. The molecule has 0 unspecified atom stereocenters. The van der Waals surface area contributed by atoms with Gasteiger partial charge in [0, 0.05) is 15.7 Å². The minimum absolute atomic E-state index is 0.477. The molecule has 1 heterocycles. The van der Waals surface area contributed by atoms with Gasteiger partial charge < -0.3 is 4.74 Å². The first-order valence-corrected chi connectivity index (χ1v) is 5.89. The first-order valence-electron chi connectivity index (χ1n) is 4.72. The minimum atomic E-state index is 0.477. The van der Waals surface area contributed by atoms with Crippen LogP contribution in [0, 0.1) is 0 Å². The minimum Gasteiger partial charge on any atom is -0.487 e. The lowest BCUT2D eigenvalue weighted by atomic mass is 10.2. The number of hydrogen-bond acceptors (Lipinski definition) is 2. The first-order chi connectivity index (χ1) is 7.74. The lowest BCUT2D eigenvalue weighted by Gasteiger charge is -2.06. The molecule has 0 saturated heterocycles. The van der Waals surface area contributed by atoms with Gasteiger partial charge in [0.1, 0.15) is 12.4 Å². The molecule has 0 atom stereocenters. The summed E-state index contributed by atoms with van der Waals surface area (Å²) in [7, 11) is 0. The van der Waals surface area contributed by atoms with Crippen LogP contribution in [0.5, 0.6) is 5.75 Å². The quantitative estimate of drug-likeness (QED) is 0.852. The standard InChI is InChI=1S/C12H9BrClNO/c13-10-4-9(5-11(14)6-10)8-16-12-2-1-3-15-7-12/h1-7H,8H2. The summed E-state index contributed by atoms with van der Waals surface area (Å²) in [6, 6.07) is 9.40. The summed E-state index contributed by atoms with van der Waals surface area (Å²) in [6.45, 7) is 0.477. The highest BCUT2D eigenvalue weighted by molar-refractivity contribution is 9.10. The molecule has 0 aliphatic heterocycles. The zero-order valence-corrected chi connectivity index (χ0v) is 10.7. The van der Waals surface area contributed by atoms with Gasteiger partial charge in [0.2, 0.25) is 0 Å². The maximum Gasteiger partial charge on any atom is 0.138 e. The lowest BCUT2D eigenvalue weighted by molar-refractivity contribution is 0.305. The third kappa shape index (κ3) is 3.22. The Morgan fingerprint density at radius 2 is 2.19 bits per heavy atom. The Hall–Kier alpha value is -1.06. The Labute approximate surface area is 107 Å². The van der Waals surface area contributed by atoms with E-state index in [9.17, 15) is 0 Å². The molecule has 0 aliphatic rings. The second kappa shape index (κ2) is 5.32. The molecule has 0 radical (unpaired) electrons. The number of rotatable bonds is 3. The molecule has 2 nitrogen and oxygen atoms in total. The fraction of sp³-hybridized carbons (Fsp3) is 0.0833. The summed E-state index contributed by atoms with van der Waals surface area (Å²) in [5.41, 5.74) is 1.02. The van der Waals surface area contributed by atoms with E-state index in [1.54, 1.807) is 12.4 Å². The zero-order chi connectivity index (χ0) is 11.4. The maximum atomic E-state index is 5.93. The van der Waals surface area contributed by atoms with Gasteiger partial charge in [-0.3, -0.25) is 4.98 Å². The van der Waals surface area contributed by atoms with E-state index in [1.807, 2.05) is 30.3 Å². The van der Waals surface area contributed by atoms with Crippen LogP contribution in [0.2, 0.25) is 5.02 Å². The highest BCUT2D eigenvalue weighted by Gasteiger charge is 1.99. The molecule has 1 aromatic heterocycles. The number of hydrogen-bond donors (Lipinski definition) is 0. The predicted octanol–water partition coefficient (Wildman–Crippen LogP) is 4.08. The van der Waals surface area contributed by atoms with Crippen molar-refractivity contribution in [3.8, 4) is 5.75 Å². The highest BCUT2D eigenvalue weighted by atomic mass is 79.9. The Morgan fingerprint density at radius 3 is 2.88 bits per heavy atom. The van der Waals surface area contributed by atoms with Crippen molar-refractivity contribution in [3.63, 3.8) is 0 Å². The maximum absolute atomic E-state index is 5.93. The molecule has 0 fully saturated rings. The van der Waals surface area contributed by atoms with Gasteiger partial charge in [0.25, 0.3) is 0 Å². The van der Waals surface area contributed by atoms with Gasteiger partial charge in [-0.25, -0.2) is 0 Å². The van der Waals surface area contributed by atoms with E-state index >= 15 is 0 Å². The monoisotopic (exact) mass is 297 g/mol. The summed E-state index contributed by atoms with van der Waals surface area (Å²) in [6.07, 6.45) is 3.39. The van der Waals surface area contributed by atoms with E-state index in [0.717, 1.165) is 15.8 Å². The largest absolute Gasteiger partial charge is 0.487 e. The van der Waals surface area contributed by atoms with Crippen LogP contribution >= 0.6 is 27.5 Å². The smallest absolute Gasteiger partial charge is 0.138 e. The van der Waals surface area contributed by atoms with Crippen molar-refractivity contribution < 1.29 is 4.74 Å². The SMILES string of the molecule is Clc1cc(Br)cc(COc2cccnc2)c1. The summed E-state index contributed by atoms with van der Waals surface area (Å²) >= 11 is 9.32. The molecule has 1 aromatic carbocycles. The van der Waals surface area contributed by atoms with E-state index < -0.39 is 0 Å². The molecule has 4 heteroatoms. The molecule has 0 spiro atoms. The van der Waals surface area contributed by atoms with Crippen LogP contribution in [0.3, 0.4) is 0 Å². The van der Waals surface area contributed by atoms with E-state index in [-0.39, 0.29) is 0 Å². The van der Waals surface area contributed by atoms with Crippen LogP contribution in [0.15, 0.2) is 47.2 Å². The molecular formula is C12H9BrClNO. The van der Waals surface area contributed by atoms with E-state index in [2.05, 4.69) is 20.9 Å². The average Bonchev–Trinajstić information content (AvgIpc) is 2.27. The molecule has 0 bridgehead atoms. The second-order valence-electron chi connectivity index (χ2n) is 3.26. The third-order valence-electron chi connectivity index (χ3n) is 1.96. The molecule has 82 valence electrons. The van der Waals surface area contributed by atoms with E-state index in [1.165, 1.54) is 0 Å². The van der Waals surface area contributed by atoms with Gasteiger partial charge in [-0.1, -0.05) is 27.5 Å². The van der Waals surface area contributed by atoms with Crippen molar-refractivity contribution in [1.82, 2.24) is 4.98 Å². The predicted molar refractivity (Wildman–Crippen MR) is 67.7 cm³/mol. The van der Waals surface area contributed by atoms with Crippen LogP contribution in [0.4, 0.5) is 0 Å². The number of nitrogens with zero attached hydrogens (tertiary/aromatic N) is 1. The summed E-state index contributed by atoms with van der Waals surface area (Å²) in [4.78, 5) is 3.97. The summed E-state index contributed by atoms with van der Waals surface area (Å²) in [5, 5.41) is 0.694. The third-order valence-corrected chi connectivity index (χ3v) is 2.64. The number of aromatic nitrogens is 1. The Balaban J connectivity index is 2.05. The molecule has 0 aliphatic carbocycles. The van der Waals surface area contributed by atoms with E-state index in [4.69, 9.17) is 16.3 Å². The van der Waals surface area contributed by atoms with Gasteiger partial charge in [-0.15, -0.1) is 0 Å². The molecule has 16 heavy (non-hydrogen) atoms. The Kier molecular flexibility index (Phi) is 3.80. The van der Waals surface area contributed by atoms with Gasteiger partial charge in [-0.2, -0.15) is 0 Å². The fourth-order valence-corrected chi connectivity index (χ4v) is 2.22. The van der Waals surface area contributed by atoms with E-state index in [0.29, 0.717) is 11.6 Å². The summed E-state index contributed by atoms with van der Waals surface area (Å²) in [5.74, 6) is 0.749. The van der Waals surface area contributed by atoms with Gasteiger partial charge >= 0.3 is 0 Å². The Morgan fingerprint density at radius 1 is 1.31 bits per heavy atom. The van der Waals surface area contributed by atoms with Crippen molar-refractivity contribution in [2.75, 3.05) is 0 Å². The molecule has 0 amide bonds. The lowest BCUT2D eigenvalue weighted by Crippen LogP contribution is -1.95. The van der Waals surface area contributed by atoms with Crippen LogP contribution in [-0.2, 0) is 6.61 Å². The van der Waals surface area contributed by atoms with Crippen LogP contribution < -0.4 is 4.74 Å². The zero-order valence-electron chi connectivity index (χ0n) is 8.36. The molecule has 0 N–H and O–H groups in total. The number of pyridine rings is 1. The Bertz CT molecular complexity index is 455. The van der Waals surface area contributed by atoms with Crippen molar-refractivity contribution >= 4 is 27.5 Å². The second-order valence-corrected chi connectivity index (χ2v) is 4.61. The van der Waals surface area contributed by atoms with Gasteiger partial charge in [0.15, 0.2) is 0 Å². The van der Waals surface area contributed by atoms with Gasteiger partial charge in [0.05, 0.1) is 6.20 Å². The van der Waals surface area contributed by atoms with Gasteiger partial charge in [-0.05, 0) is 35.9 Å². The summed E-state index contributed by atoms with van der Waals surface area (Å²) < 4.78 is 6.51. The van der Waals surface area contributed by atoms with Crippen LogP contribution in [0.25, 0.3) is 0 Å². The topological polar surface area (TPSA) is 22.1 Å². The van der Waals surface area contributed by atoms with Crippen molar-refractivity contribution in [2.24, 2.45) is 0 Å². The molecule has 0 saturated carbocycles. The van der Waals surface area contributed by atoms with Crippen LogP contribution in [0.1, 0.15) is 5.56 Å². The van der Waals surface area contributed by atoms with Crippen molar-refractivity contribution in [1.29, 1.82) is 0 Å². The highest BCUT2D eigenvalue weighted by Crippen LogP contribution is 2.20. The number of halogens is 2. The fourth-order valence-electron chi connectivity index (χ4n) is 1.29.